The maximum atomic E-state index is 12.8. The first kappa shape index (κ1) is 23.0. The summed E-state index contributed by atoms with van der Waals surface area (Å²) in [5.41, 5.74) is 1.28. The molecular weight excluding hydrogens is 445 g/mol. The first-order valence-electron chi connectivity index (χ1n) is 9.79. The summed E-state index contributed by atoms with van der Waals surface area (Å²) >= 11 is 12.2. The number of nitrogens with one attached hydrogen (secondary N) is 1. The Morgan fingerprint density at radius 3 is 2.53 bits per heavy atom. The Morgan fingerprint density at radius 2 is 1.80 bits per heavy atom. The Kier molecular flexibility index (Phi) is 7.76. The molecule has 1 fully saturated rings. The number of likely N-dealkylation sites (N-methyl/N-ethyl adjacent to an activating group) is 1. The van der Waals surface area contributed by atoms with Crippen LogP contribution in [-0.4, -0.2) is 50.2 Å². The second-order valence-electron chi connectivity index (χ2n) is 7.43. The molecule has 0 radical (unpaired) electrons. The number of carbonyl (C=O) groups is 1. The van der Waals surface area contributed by atoms with Crippen LogP contribution in [-0.2, 0) is 21.4 Å². The molecule has 1 saturated heterocycles. The van der Waals surface area contributed by atoms with E-state index in [1.54, 1.807) is 36.2 Å². The highest BCUT2D eigenvalue weighted by molar-refractivity contribution is 7.89. The molecular formula is C21H25Cl2N3O3S. The van der Waals surface area contributed by atoms with Gasteiger partial charge < -0.3 is 5.32 Å². The number of piperidine rings is 1. The molecule has 0 aromatic heterocycles. The van der Waals surface area contributed by atoms with Gasteiger partial charge in [0.15, 0.2) is 0 Å². The van der Waals surface area contributed by atoms with Crippen molar-refractivity contribution in [1.82, 2.24) is 9.21 Å². The van der Waals surface area contributed by atoms with Crippen molar-refractivity contribution in [2.75, 3.05) is 32.0 Å². The number of rotatable bonds is 7. The summed E-state index contributed by atoms with van der Waals surface area (Å²) in [6, 6.07) is 11.8. The lowest BCUT2D eigenvalue weighted by molar-refractivity contribution is -0.117. The smallest absolute Gasteiger partial charge is 0.243 e. The van der Waals surface area contributed by atoms with Crippen molar-refractivity contribution < 1.29 is 13.2 Å². The van der Waals surface area contributed by atoms with Crippen molar-refractivity contribution in [2.24, 2.45) is 0 Å². The molecule has 0 saturated carbocycles. The molecule has 0 spiro atoms. The van der Waals surface area contributed by atoms with Crippen molar-refractivity contribution in [3.63, 3.8) is 0 Å². The number of sulfonamides is 1. The fourth-order valence-electron chi connectivity index (χ4n) is 3.45. The number of anilines is 1. The second-order valence-corrected chi connectivity index (χ2v) is 10.1. The van der Waals surface area contributed by atoms with E-state index in [1.165, 1.54) is 10.4 Å². The first-order chi connectivity index (χ1) is 14.3. The third kappa shape index (κ3) is 5.74. The third-order valence-corrected chi connectivity index (χ3v) is 7.71. The fourth-order valence-corrected chi connectivity index (χ4v) is 5.39. The highest BCUT2D eigenvalue weighted by Gasteiger charge is 2.26. The number of halogens is 2. The summed E-state index contributed by atoms with van der Waals surface area (Å²) < 4.78 is 27.2. The van der Waals surface area contributed by atoms with Gasteiger partial charge in [-0.2, -0.15) is 4.31 Å². The van der Waals surface area contributed by atoms with Crippen molar-refractivity contribution in [1.29, 1.82) is 0 Å². The van der Waals surface area contributed by atoms with E-state index in [1.807, 2.05) is 12.1 Å². The Bertz CT molecular complexity index is 1010. The van der Waals surface area contributed by atoms with E-state index in [2.05, 4.69) is 5.32 Å². The first-order valence-corrected chi connectivity index (χ1v) is 12.0. The minimum atomic E-state index is -3.55. The molecule has 0 atom stereocenters. The van der Waals surface area contributed by atoms with E-state index in [-0.39, 0.29) is 17.3 Å². The van der Waals surface area contributed by atoms with Gasteiger partial charge in [0, 0.05) is 25.3 Å². The van der Waals surface area contributed by atoms with Gasteiger partial charge in [0.05, 0.1) is 21.5 Å². The van der Waals surface area contributed by atoms with Crippen LogP contribution in [0.25, 0.3) is 0 Å². The van der Waals surface area contributed by atoms with Crippen LogP contribution < -0.4 is 5.32 Å². The van der Waals surface area contributed by atoms with Gasteiger partial charge >= 0.3 is 0 Å². The molecule has 0 unspecified atom stereocenters. The van der Waals surface area contributed by atoms with Gasteiger partial charge in [0.25, 0.3) is 0 Å². The second kappa shape index (κ2) is 10.1. The van der Waals surface area contributed by atoms with Crippen LogP contribution in [0.2, 0.25) is 10.0 Å². The number of nitrogens with zero attached hydrogens (tertiary/aromatic N) is 2. The number of hydrogen-bond donors (Lipinski definition) is 1. The average Bonchev–Trinajstić information content (AvgIpc) is 2.72. The molecule has 1 amide bonds. The quantitative estimate of drug-likeness (QED) is 0.658. The highest BCUT2D eigenvalue weighted by atomic mass is 35.5. The van der Waals surface area contributed by atoms with Crippen molar-refractivity contribution in [3.8, 4) is 0 Å². The molecule has 1 aliphatic heterocycles. The summed E-state index contributed by atoms with van der Waals surface area (Å²) in [4.78, 5) is 14.5. The lowest BCUT2D eigenvalue weighted by atomic mass is 10.2. The summed E-state index contributed by atoms with van der Waals surface area (Å²) in [6.07, 6.45) is 2.80. The summed E-state index contributed by atoms with van der Waals surface area (Å²) in [5.74, 6) is -0.247. The summed E-state index contributed by atoms with van der Waals surface area (Å²) in [6.45, 7) is 1.65. The lowest BCUT2D eigenvalue weighted by Crippen LogP contribution is -2.35. The monoisotopic (exact) mass is 469 g/mol. The molecule has 0 aliphatic carbocycles. The standard InChI is InChI=1S/C21H25Cl2N3O3S/c1-25(14-16-7-5-10-19(22)21(16)23)15-20(27)24-17-8-6-9-18(13-17)30(28,29)26-11-3-2-4-12-26/h5-10,13H,2-4,11-12,14-15H2,1H3,(H,24,27). The summed E-state index contributed by atoms with van der Waals surface area (Å²) in [7, 11) is -1.75. The molecule has 0 bridgehead atoms. The van der Waals surface area contributed by atoms with E-state index in [0.29, 0.717) is 35.4 Å². The van der Waals surface area contributed by atoms with E-state index >= 15 is 0 Å². The number of hydrogen-bond acceptors (Lipinski definition) is 4. The molecule has 1 N–H and O–H groups in total. The number of carbonyl (C=O) groups excluding carboxylic acids is 1. The third-order valence-electron chi connectivity index (χ3n) is 4.96. The van der Waals surface area contributed by atoms with Gasteiger partial charge in [-0.1, -0.05) is 47.8 Å². The van der Waals surface area contributed by atoms with Crippen LogP contribution in [0.5, 0.6) is 0 Å². The van der Waals surface area contributed by atoms with Gasteiger partial charge in [-0.15, -0.1) is 0 Å². The minimum Gasteiger partial charge on any atom is -0.325 e. The van der Waals surface area contributed by atoms with E-state index < -0.39 is 10.0 Å². The van der Waals surface area contributed by atoms with Gasteiger partial charge in [-0.3, -0.25) is 9.69 Å². The predicted molar refractivity (Wildman–Crippen MR) is 120 cm³/mol. The Morgan fingerprint density at radius 1 is 1.10 bits per heavy atom. The molecule has 162 valence electrons. The normalized spacial score (nSPS) is 15.3. The maximum Gasteiger partial charge on any atom is 0.243 e. The molecule has 30 heavy (non-hydrogen) atoms. The van der Waals surface area contributed by atoms with Gasteiger partial charge in [-0.05, 0) is 49.7 Å². The van der Waals surface area contributed by atoms with Crippen LogP contribution in [0, 0.1) is 0 Å². The molecule has 2 aromatic rings. The molecule has 3 rings (SSSR count). The topological polar surface area (TPSA) is 69.7 Å². The number of amides is 1. The van der Waals surface area contributed by atoms with Gasteiger partial charge in [0.2, 0.25) is 15.9 Å². The van der Waals surface area contributed by atoms with E-state index in [0.717, 1.165) is 24.8 Å². The summed E-state index contributed by atoms with van der Waals surface area (Å²) in [5, 5.41) is 3.72. The predicted octanol–water partition coefficient (Wildman–Crippen LogP) is 4.24. The van der Waals surface area contributed by atoms with Crippen LogP contribution in [0.4, 0.5) is 5.69 Å². The fraction of sp³-hybridized carbons (Fsp3) is 0.381. The van der Waals surface area contributed by atoms with Gasteiger partial charge in [-0.25, -0.2) is 8.42 Å². The zero-order valence-corrected chi connectivity index (χ0v) is 19.1. The molecule has 2 aromatic carbocycles. The van der Waals surface area contributed by atoms with Crippen molar-refractivity contribution in [2.45, 2.75) is 30.7 Å². The molecule has 1 aliphatic rings. The minimum absolute atomic E-state index is 0.117. The molecule has 9 heteroatoms. The van der Waals surface area contributed by atoms with Crippen LogP contribution in [0.1, 0.15) is 24.8 Å². The van der Waals surface area contributed by atoms with Crippen LogP contribution in [0.15, 0.2) is 47.4 Å². The number of benzene rings is 2. The largest absolute Gasteiger partial charge is 0.325 e. The van der Waals surface area contributed by atoms with E-state index in [9.17, 15) is 13.2 Å². The zero-order valence-electron chi connectivity index (χ0n) is 16.8. The van der Waals surface area contributed by atoms with Crippen molar-refractivity contribution in [3.05, 3.63) is 58.1 Å². The Balaban J connectivity index is 1.62. The average molecular weight is 470 g/mol. The Hall–Kier alpha value is -1.64. The zero-order chi connectivity index (χ0) is 21.7. The van der Waals surface area contributed by atoms with Crippen LogP contribution >= 0.6 is 23.2 Å². The van der Waals surface area contributed by atoms with E-state index in [4.69, 9.17) is 23.2 Å². The molecule has 6 nitrogen and oxygen atoms in total. The van der Waals surface area contributed by atoms with Crippen molar-refractivity contribution >= 4 is 44.8 Å². The lowest BCUT2D eigenvalue weighted by Gasteiger charge is -2.26. The van der Waals surface area contributed by atoms with Crippen LogP contribution in [0.3, 0.4) is 0 Å². The SMILES string of the molecule is CN(CC(=O)Nc1cccc(S(=O)(=O)N2CCCCC2)c1)Cc1cccc(Cl)c1Cl. The maximum absolute atomic E-state index is 12.8. The molecule has 1 heterocycles. The van der Waals surface area contributed by atoms with Gasteiger partial charge in [0.1, 0.15) is 0 Å². The Labute approximate surface area is 187 Å². The highest BCUT2D eigenvalue weighted by Crippen LogP contribution is 2.26.